The van der Waals surface area contributed by atoms with Crippen LogP contribution in [0.3, 0.4) is 0 Å². The smallest absolute Gasteiger partial charge is 0.231 e. The SMILES string of the molecule is CC(C)(C)C1C(=O)N(C(C)(C)C)CCc2ccccc21. The molecule has 110 valence electrons. The quantitative estimate of drug-likeness (QED) is 0.699. The van der Waals surface area contributed by atoms with Gasteiger partial charge in [0.25, 0.3) is 0 Å². The predicted octanol–water partition coefficient (Wildman–Crippen LogP) is 4.00. The van der Waals surface area contributed by atoms with Crippen molar-refractivity contribution in [2.45, 2.75) is 59.4 Å². The molecule has 1 unspecified atom stereocenters. The van der Waals surface area contributed by atoms with E-state index in [0.29, 0.717) is 0 Å². The summed E-state index contributed by atoms with van der Waals surface area (Å²) >= 11 is 0. The van der Waals surface area contributed by atoms with Crippen molar-refractivity contribution >= 4 is 5.91 Å². The van der Waals surface area contributed by atoms with Crippen LogP contribution >= 0.6 is 0 Å². The summed E-state index contributed by atoms with van der Waals surface area (Å²) in [6.45, 7) is 13.7. The Hall–Kier alpha value is -1.31. The molecule has 0 bridgehead atoms. The molecule has 0 fully saturated rings. The van der Waals surface area contributed by atoms with Crippen LogP contribution in [0.5, 0.6) is 0 Å². The Labute approximate surface area is 123 Å². The Bertz CT molecular complexity index is 505. The van der Waals surface area contributed by atoms with E-state index >= 15 is 0 Å². The van der Waals surface area contributed by atoms with Crippen molar-refractivity contribution in [1.82, 2.24) is 4.90 Å². The first kappa shape index (κ1) is 15.1. The fourth-order valence-corrected chi connectivity index (χ4v) is 3.18. The largest absolute Gasteiger partial charge is 0.337 e. The molecule has 2 nitrogen and oxygen atoms in total. The van der Waals surface area contributed by atoms with Crippen molar-refractivity contribution < 1.29 is 4.79 Å². The van der Waals surface area contributed by atoms with Gasteiger partial charge in [-0.25, -0.2) is 0 Å². The first-order valence-electron chi connectivity index (χ1n) is 7.51. The van der Waals surface area contributed by atoms with Crippen LogP contribution in [0.15, 0.2) is 24.3 Å². The zero-order valence-corrected chi connectivity index (χ0v) is 13.7. The maximum atomic E-state index is 13.1. The lowest BCUT2D eigenvalue weighted by molar-refractivity contribution is -0.139. The summed E-state index contributed by atoms with van der Waals surface area (Å²) in [5.41, 5.74) is 2.35. The number of rotatable bonds is 0. The van der Waals surface area contributed by atoms with Crippen molar-refractivity contribution in [3.63, 3.8) is 0 Å². The molecule has 1 atom stereocenters. The fourth-order valence-electron chi connectivity index (χ4n) is 3.18. The molecule has 2 heteroatoms. The Kier molecular flexibility index (Phi) is 3.70. The lowest BCUT2D eigenvalue weighted by atomic mass is 9.74. The molecule has 0 saturated carbocycles. The molecule has 20 heavy (non-hydrogen) atoms. The number of hydrogen-bond acceptors (Lipinski definition) is 1. The zero-order valence-electron chi connectivity index (χ0n) is 13.7. The van der Waals surface area contributed by atoms with Gasteiger partial charge < -0.3 is 4.90 Å². The van der Waals surface area contributed by atoms with E-state index in [1.54, 1.807) is 0 Å². The topological polar surface area (TPSA) is 20.3 Å². The van der Waals surface area contributed by atoms with Gasteiger partial charge in [-0.15, -0.1) is 0 Å². The molecule has 1 aliphatic rings. The Morgan fingerprint density at radius 2 is 1.65 bits per heavy atom. The van der Waals surface area contributed by atoms with Crippen LogP contribution in [0.2, 0.25) is 0 Å². The van der Waals surface area contributed by atoms with Crippen LogP contribution < -0.4 is 0 Å². The molecule has 0 radical (unpaired) electrons. The minimum absolute atomic E-state index is 0.0552. The molecule has 0 spiro atoms. The van der Waals surface area contributed by atoms with Crippen LogP contribution in [-0.4, -0.2) is 22.9 Å². The van der Waals surface area contributed by atoms with Crippen LogP contribution in [0.25, 0.3) is 0 Å². The summed E-state index contributed by atoms with van der Waals surface area (Å²) in [4.78, 5) is 15.2. The van der Waals surface area contributed by atoms with Gasteiger partial charge in [0.2, 0.25) is 5.91 Å². The second kappa shape index (κ2) is 4.91. The standard InChI is InChI=1S/C18H27NO/c1-17(2,3)15-14-10-8-7-9-13(14)11-12-19(16(15)20)18(4,5)6/h7-10,15H,11-12H2,1-6H3. The lowest BCUT2D eigenvalue weighted by Crippen LogP contribution is -2.49. The molecule has 1 heterocycles. The molecule has 0 N–H and O–H groups in total. The number of amides is 1. The number of hydrogen-bond donors (Lipinski definition) is 0. The molecule has 0 saturated heterocycles. The predicted molar refractivity (Wildman–Crippen MR) is 83.8 cm³/mol. The van der Waals surface area contributed by atoms with E-state index in [0.717, 1.165) is 13.0 Å². The molecule has 1 amide bonds. The molecule has 1 aliphatic heterocycles. The van der Waals surface area contributed by atoms with E-state index in [2.05, 4.69) is 70.7 Å². The van der Waals surface area contributed by atoms with Crippen LogP contribution in [0.4, 0.5) is 0 Å². The van der Waals surface area contributed by atoms with Gasteiger partial charge in [0.15, 0.2) is 0 Å². The monoisotopic (exact) mass is 273 g/mol. The van der Waals surface area contributed by atoms with Gasteiger partial charge in [-0.1, -0.05) is 45.0 Å². The van der Waals surface area contributed by atoms with Gasteiger partial charge in [0.05, 0.1) is 5.92 Å². The summed E-state index contributed by atoms with van der Waals surface area (Å²) in [5.74, 6) is 0.218. The zero-order chi connectivity index (χ0) is 15.1. The van der Waals surface area contributed by atoms with Crippen LogP contribution in [0, 0.1) is 5.41 Å². The van der Waals surface area contributed by atoms with Crippen molar-refractivity contribution in [3.05, 3.63) is 35.4 Å². The van der Waals surface area contributed by atoms with Crippen molar-refractivity contribution in [2.75, 3.05) is 6.54 Å². The van der Waals surface area contributed by atoms with Crippen molar-refractivity contribution in [3.8, 4) is 0 Å². The fraction of sp³-hybridized carbons (Fsp3) is 0.611. The third-order valence-electron chi connectivity index (χ3n) is 4.16. The molecule has 0 aliphatic carbocycles. The van der Waals surface area contributed by atoms with E-state index < -0.39 is 0 Å². The summed E-state index contributed by atoms with van der Waals surface area (Å²) in [5, 5.41) is 0. The minimum Gasteiger partial charge on any atom is -0.337 e. The number of benzene rings is 1. The third kappa shape index (κ3) is 2.74. The highest BCUT2D eigenvalue weighted by Crippen LogP contribution is 2.41. The normalized spacial score (nSPS) is 20.6. The van der Waals surface area contributed by atoms with Gasteiger partial charge >= 0.3 is 0 Å². The van der Waals surface area contributed by atoms with Gasteiger partial charge in [-0.05, 0) is 43.7 Å². The highest BCUT2D eigenvalue weighted by Gasteiger charge is 2.41. The first-order chi connectivity index (χ1) is 9.12. The third-order valence-corrected chi connectivity index (χ3v) is 4.16. The maximum absolute atomic E-state index is 13.1. The molecule has 2 rings (SSSR count). The van der Waals surface area contributed by atoms with Gasteiger partial charge in [0, 0.05) is 12.1 Å². The number of carbonyl (C=O) groups is 1. The van der Waals surface area contributed by atoms with Crippen LogP contribution in [0.1, 0.15) is 58.6 Å². The van der Waals surface area contributed by atoms with Crippen molar-refractivity contribution in [1.29, 1.82) is 0 Å². The second-order valence-electron chi connectivity index (χ2n) is 7.91. The first-order valence-corrected chi connectivity index (χ1v) is 7.51. The Balaban J connectivity index is 2.55. The number of fused-ring (bicyclic) bond motifs is 1. The summed E-state index contributed by atoms with van der Waals surface area (Å²) in [7, 11) is 0. The van der Waals surface area contributed by atoms with Gasteiger partial charge in [0.1, 0.15) is 0 Å². The number of carbonyl (C=O) groups excluding carboxylic acids is 1. The molecular formula is C18H27NO. The molecule has 1 aromatic carbocycles. The molecular weight excluding hydrogens is 246 g/mol. The van der Waals surface area contributed by atoms with E-state index in [4.69, 9.17) is 0 Å². The molecule has 0 aromatic heterocycles. The average Bonchev–Trinajstić information content (AvgIpc) is 2.42. The average molecular weight is 273 g/mol. The Morgan fingerprint density at radius 1 is 1.05 bits per heavy atom. The summed E-state index contributed by atoms with van der Waals surface area (Å²) in [6, 6.07) is 8.44. The van der Waals surface area contributed by atoms with E-state index in [1.165, 1.54) is 11.1 Å². The van der Waals surface area contributed by atoms with Crippen LogP contribution in [-0.2, 0) is 11.2 Å². The van der Waals surface area contributed by atoms with Gasteiger partial charge in [-0.2, -0.15) is 0 Å². The second-order valence-corrected chi connectivity index (χ2v) is 7.91. The van der Waals surface area contributed by atoms with E-state index in [-0.39, 0.29) is 22.8 Å². The lowest BCUT2D eigenvalue weighted by Gasteiger charge is -2.40. The van der Waals surface area contributed by atoms with Gasteiger partial charge in [-0.3, -0.25) is 4.79 Å². The maximum Gasteiger partial charge on any atom is 0.231 e. The highest BCUT2D eigenvalue weighted by molar-refractivity contribution is 5.86. The highest BCUT2D eigenvalue weighted by atomic mass is 16.2. The Morgan fingerprint density at radius 3 is 2.20 bits per heavy atom. The van der Waals surface area contributed by atoms with Crippen molar-refractivity contribution in [2.24, 2.45) is 5.41 Å². The van der Waals surface area contributed by atoms with E-state index in [9.17, 15) is 4.79 Å². The number of nitrogens with zero attached hydrogens (tertiary/aromatic N) is 1. The summed E-state index contributed by atoms with van der Waals surface area (Å²) in [6.07, 6.45) is 0.950. The minimum atomic E-state index is -0.122. The molecule has 1 aromatic rings. The summed E-state index contributed by atoms with van der Waals surface area (Å²) < 4.78 is 0. The van der Waals surface area contributed by atoms with E-state index in [1.807, 2.05) is 0 Å².